The average molecular weight is 399 g/mol. The molecule has 3 fully saturated rings. The minimum absolute atomic E-state index is 0.0157. The molecule has 6 heteroatoms. The number of esters is 1. The maximum atomic E-state index is 13.5. The fourth-order valence-corrected chi connectivity index (χ4v) is 5.50. The van der Waals surface area contributed by atoms with Gasteiger partial charge in [-0.3, -0.25) is 9.59 Å². The monoisotopic (exact) mass is 398 g/mol. The lowest BCUT2D eigenvalue weighted by Gasteiger charge is -2.45. The number of carbonyl (C=O) groups is 3. The molecule has 0 radical (unpaired) electrons. The van der Waals surface area contributed by atoms with Crippen molar-refractivity contribution in [1.82, 2.24) is 9.80 Å². The molecule has 5 atom stereocenters. The third-order valence-corrected chi connectivity index (χ3v) is 6.85. The van der Waals surface area contributed by atoms with Gasteiger partial charge in [0.1, 0.15) is 18.1 Å². The first-order chi connectivity index (χ1) is 14.0. The molecule has 0 N–H and O–H groups in total. The molecule has 1 aromatic carbocycles. The van der Waals surface area contributed by atoms with Crippen LogP contribution in [0.3, 0.4) is 0 Å². The molecular formula is C23H30N2O4. The van der Waals surface area contributed by atoms with E-state index in [1.54, 1.807) is 13.8 Å². The quantitative estimate of drug-likeness (QED) is 0.691. The van der Waals surface area contributed by atoms with Crippen LogP contribution in [0.2, 0.25) is 0 Å². The number of aryl methyl sites for hydroxylation is 1. The Hall–Kier alpha value is -2.37. The third kappa shape index (κ3) is 3.53. The van der Waals surface area contributed by atoms with Crippen LogP contribution < -0.4 is 0 Å². The van der Waals surface area contributed by atoms with Gasteiger partial charge in [-0.1, -0.05) is 36.8 Å². The average Bonchev–Trinajstić information content (AvgIpc) is 3.31. The van der Waals surface area contributed by atoms with E-state index in [1.165, 1.54) is 4.90 Å². The zero-order valence-corrected chi connectivity index (χ0v) is 17.3. The molecule has 1 aromatic rings. The van der Waals surface area contributed by atoms with Crippen LogP contribution in [0.5, 0.6) is 0 Å². The van der Waals surface area contributed by atoms with Crippen LogP contribution in [0.4, 0.5) is 0 Å². The van der Waals surface area contributed by atoms with E-state index in [0.717, 1.165) is 31.2 Å². The Balaban J connectivity index is 1.58. The van der Waals surface area contributed by atoms with Gasteiger partial charge in [-0.15, -0.1) is 0 Å². The van der Waals surface area contributed by atoms with Crippen LogP contribution in [-0.4, -0.2) is 58.4 Å². The SMILES string of the molecule is CCOC(=O)[C@H](CCc1ccccc1)N1C(=O)[C@@H]2C[C@@H]3CCC[C@@H]3N2C(=O)[C@H]1C. The lowest BCUT2D eigenvalue weighted by atomic mass is 9.97. The minimum Gasteiger partial charge on any atom is -0.464 e. The number of fused-ring (bicyclic) bond motifs is 3. The largest absolute Gasteiger partial charge is 0.464 e. The summed E-state index contributed by atoms with van der Waals surface area (Å²) in [5.74, 6) is -0.0934. The number of hydrogen-bond donors (Lipinski definition) is 0. The van der Waals surface area contributed by atoms with E-state index in [4.69, 9.17) is 4.74 Å². The summed E-state index contributed by atoms with van der Waals surface area (Å²) in [6, 6.07) is 8.31. The second-order valence-electron chi connectivity index (χ2n) is 8.47. The van der Waals surface area contributed by atoms with Crippen molar-refractivity contribution in [2.75, 3.05) is 6.61 Å². The molecule has 2 amide bonds. The van der Waals surface area contributed by atoms with Crippen LogP contribution in [0.25, 0.3) is 0 Å². The van der Waals surface area contributed by atoms with Crippen LogP contribution in [0.15, 0.2) is 30.3 Å². The molecule has 4 rings (SSSR count). The molecule has 2 aliphatic heterocycles. The Kier molecular flexibility index (Phi) is 5.61. The van der Waals surface area contributed by atoms with Gasteiger partial charge >= 0.3 is 5.97 Å². The molecule has 1 aliphatic carbocycles. The Morgan fingerprint density at radius 1 is 1.17 bits per heavy atom. The number of benzene rings is 1. The van der Waals surface area contributed by atoms with Crippen LogP contribution in [-0.2, 0) is 25.5 Å². The standard InChI is InChI=1S/C23H30N2O4/c1-3-29-23(28)19(13-12-16-8-5-4-6-9-16)24-15(2)21(26)25-18-11-7-10-17(18)14-20(25)22(24)27/h4-6,8-9,15,17-20H,3,7,10-14H2,1-2H3/t15-,17+,18+,19+,20+/m1/s1. The van der Waals surface area contributed by atoms with Gasteiger partial charge in [0.25, 0.3) is 0 Å². The molecule has 3 aliphatic rings. The van der Waals surface area contributed by atoms with Gasteiger partial charge in [-0.05, 0) is 57.4 Å². The van der Waals surface area contributed by atoms with E-state index in [-0.39, 0.29) is 24.5 Å². The molecule has 6 nitrogen and oxygen atoms in total. The summed E-state index contributed by atoms with van der Waals surface area (Å²) in [6.45, 7) is 3.77. The molecule has 156 valence electrons. The molecule has 2 saturated heterocycles. The Morgan fingerprint density at radius 2 is 1.93 bits per heavy atom. The van der Waals surface area contributed by atoms with E-state index in [0.29, 0.717) is 18.8 Å². The van der Waals surface area contributed by atoms with Gasteiger partial charge in [0, 0.05) is 6.04 Å². The van der Waals surface area contributed by atoms with Crippen molar-refractivity contribution < 1.29 is 19.1 Å². The van der Waals surface area contributed by atoms with E-state index >= 15 is 0 Å². The fourth-order valence-electron chi connectivity index (χ4n) is 5.50. The third-order valence-electron chi connectivity index (χ3n) is 6.85. The predicted octanol–water partition coefficient (Wildman–Crippen LogP) is 2.55. The van der Waals surface area contributed by atoms with Crippen molar-refractivity contribution >= 4 is 17.8 Å². The normalized spacial score (nSPS) is 29.6. The van der Waals surface area contributed by atoms with Gasteiger partial charge in [-0.25, -0.2) is 4.79 Å². The van der Waals surface area contributed by atoms with Crippen molar-refractivity contribution in [3.63, 3.8) is 0 Å². The molecule has 0 aromatic heterocycles. The number of rotatable bonds is 6. The van der Waals surface area contributed by atoms with Crippen molar-refractivity contribution in [3.8, 4) is 0 Å². The first-order valence-corrected chi connectivity index (χ1v) is 10.9. The fraction of sp³-hybridized carbons (Fsp3) is 0.609. The second kappa shape index (κ2) is 8.17. The number of piperazine rings is 1. The smallest absolute Gasteiger partial charge is 0.328 e. The van der Waals surface area contributed by atoms with E-state index in [9.17, 15) is 14.4 Å². The lowest BCUT2D eigenvalue weighted by molar-refractivity contribution is -0.170. The second-order valence-corrected chi connectivity index (χ2v) is 8.47. The Bertz CT molecular complexity index is 780. The highest BCUT2D eigenvalue weighted by molar-refractivity contribution is 5.99. The summed E-state index contributed by atoms with van der Waals surface area (Å²) in [5, 5.41) is 0. The summed E-state index contributed by atoms with van der Waals surface area (Å²) in [5.41, 5.74) is 1.10. The highest BCUT2D eigenvalue weighted by Gasteiger charge is 2.56. The first kappa shape index (κ1) is 19.9. The maximum Gasteiger partial charge on any atom is 0.328 e. The summed E-state index contributed by atoms with van der Waals surface area (Å²) < 4.78 is 5.31. The van der Waals surface area contributed by atoms with Gasteiger partial charge in [0.2, 0.25) is 11.8 Å². The van der Waals surface area contributed by atoms with Crippen LogP contribution in [0, 0.1) is 5.92 Å². The minimum atomic E-state index is -0.732. The number of hydrogen-bond acceptors (Lipinski definition) is 4. The van der Waals surface area contributed by atoms with Crippen molar-refractivity contribution in [1.29, 1.82) is 0 Å². The summed E-state index contributed by atoms with van der Waals surface area (Å²) >= 11 is 0. The first-order valence-electron chi connectivity index (χ1n) is 10.9. The number of ether oxygens (including phenoxy) is 1. The maximum absolute atomic E-state index is 13.5. The van der Waals surface area contributed by atoms with Gasteiger partial charge in [0.15, 0.2) is 0 Å². The molecule has 29 heavy (non-hydrogen) atoms. The topological polar surface area (TPSA) is 66.9 Å². The van der Waals surface area contributed by atoms with Crippen LogP contribution in [0.1, 0.15) is 51.5 Å². The number of carbonyl (C=O) groups excluding carboxylic acids is 3. The molecule has 2 heterocycles. The lowest BCUT2D eigenvalue weighted by Crippen LogP contribution is -2.66. The number of nitrogens with zero attached hydrogens (tertiary/aromatic N) is 2. The van der Waals surface area contributed by atoms with E-state index in [2.05, 4.69) is 0 Å². The highest BCUT2D eigenvalue weighted by atomic mass is 16.5. The zero-order valence-electron chi connectivity index (χ0n) is 17.3. The molecule has 1 saturated carbocycles. The highest BCUT2D eigenvalue weighted by Crippen LogP contribution is 2.44. The van der Waals surface area contributed by atoms with E-state index in [1.807, 2.05) is 35.2 Å². The van der Waals surface area contributed by atoms with Gasteiger partial charge in [0.05, 0.1) is 6.61 Å². The molecule has 0 unspecified atom stereocenters. The van der Waals surface area contributed by atoms with Gasteiger partial charge in [-0.2, -0.15) is 0 Å². The molecule has 0 bridgehead atoms. The van der Waals surface area contributed by atoms with Crippen LogP contribution >= 0.6 is 0 Å². The summed E-state index contributed by atoms with van der Waals surface area (Å²) in [6.07, 6.45) is 5.03. The van der Waals surface area contributed by atoms with E-state index < -0.39 is 24.1 Å². The summed E-state index contributed by atoms with van der Waals surface area (Å²) in [4.78, 5) is 42.9. The molecular weight excluding hydrogens is 368 g/mol. The van der Waals surface area contributed by atoms with Crippen molar-refractivity contribution in [2.45, 2.75) is 76.5 Å². The predicted molar refractivity (Wildman–Crippen MR) is 108 cm³/mol. The molecule has 0 spiro atoms. The number of amides is 2. The Morgan fingerprint density at radius 3 is 2.66 bits per heavy atom. The van der Waals surface area contributed by atoms with Crippen molar-refractivity contribution in [3.05, 3.63) is 35.9 Å². The van der Waals surface area contributed by atoms with Gasteiger partial charge < -0.3 is 14.5 Å². The summed E-state index contributed by atoms with van der Waals surface area (Å²) in [7, 11) is 0. The zero-order chi connectivity index (χ0) is 20.5. The van der Waals surface area contributed by atoms with Crippen molar-refractivity contribution in [2.24, 2.45) is 5.92 Å². The Labute approximate surface area is 172 Å².